The summed E-state index contributed by atoms with van der Waals surface area (Å²) in [5.74, 6) is 1.75. The van der Waals surface area contributed by atoms with Crippen molar-refractivity contribution in [3.63, 3.8) is 0 Å². The minimum Gasteiger partial charge on any atom is -0.354 e. The van der Waals surface area contributed by atoms with Crippen LogP contribution in [0.15, 0.2) is 35.3 Å². The monoisotopic (exact) mass is 354 g/mol. The maximum Gasteiger partial charge on any atom is 0.191 e. The Hall–Kier alpha value is -1.55. The first-order valence-corrected chi connectivity index (χ1v) is 10.6. The minimum absolute atomic E-state index is 0.574. The first-order chi connectivity index (χ1) is 12.8. The Kier molecular flexibility index (Phi) is 5.78. The molecule has 3 aliphatic rings. The van der Waals surface area contributed by atoms with E-state index < -0.39 is 0 Å². The largest absolute Gasteiger partial charge is 0.354 e. The van der Waals surface area contributed by atoms with Gasteiger partial charge in [0.25, 0.3) is 0 Å². The van der Waals surface area contributed by atoms with Crippen LogP contribution in [0.5, 0.6) is 0 Å². The van der Waals surface area contributed by atoms with Crippen LogP contribution in [-0.4, -0.2) is 49.1 Å². The van der Waals surface area contributed by atoms with E-state index in [1.165, 1.54) is 70.0 Å². The maximum atomic E-state index is 4.48. The zero-order chi connectivity index (χ0) is 17.8. The molecule has 0 radical (unpaired) electrons. The molecule has 26 heavy (non-hydrogen) atoms. The van der Waals surface area contributed by atoms with Crippen LogP contribution in [0.1, 0.15) is 50.5 Å². The zero-order valence-electron chi connectivity index (χ0n) is 16.2. The number of aliphatic imine (C=N–C) groups is 1. The molecule has 2 N–H and O–H groups in total. The summed E-state index contributed by atoms with van der Waals surface area (Å²) in [5.41, 5.74) is 1.45. The van der Waals surface area contributed by atoms with Crippen molar-refractivity contribution in [3.05, 3.63) is 35.9 Å². The third-order valence-corrected chi connectivity index (χ3v) is 6.52. The summed E-state index contributed by atoms with van der Waals surface area (Å²) < 4.78 is 0. The zero-order valence-corrected chi connectivity index (χ0v) is 16.2. The lowest BCUT2D eigenvalue weighted by atomic mass is 10.0. The van der Waals surface area contributed by atoms with Crippen molar-refractivity contribution in [2.75, 3.05) is 20.1 Å². The molecule has 2 atom stereocenters. The van der Waals surface area contributed by atoms with Crippen LogP contribution in [0.3, 0.4) is 0 Å². The molecule has 0 bridgehead atoms. The van der Waals surface area contributed by atoms with Crippen molar-refractivity contribution in [2.45, 2.75) is 69.5 Å². The predicted octanol–water partition coefficient (Wildman–Crippen LogP) is 3.19. The van der Waals surface area contributed by atoms with Crippen LogP contribution in [0.25, 0.3) is 0 Å². The molecule has 1 heterocycles. The standard InChI is InChI=1S/C22H34N4/c1-23-22(25-21-16-18(21)15-17-7-3-2-4-8-17)24-19-11-13-26(14-12-19)20-9-5-6-10-20/h2-4,7-8,18-21H,5-6,9-16H2,1H3,(H2,23,24,25). The van der Waals surface area contributed by atoms with Crippen molar-refractivity contribution in [1.82, 2.24) is 15.5 Å². The van der Waals surface area contributed by atoms with Crippen molar-refractivity contribution in [1.29, 1.82) is 0 Å². The molecular formula is C22H34N4. The van der Waals surface area contributed by atoms with Gasteiger partial charge in [-0.1, -0.05) is 43.2 Å². The summed E-state index contributed by atoms with van der Waals surface area (Å²) in [4.78, 5) is 7.22. The van der Waals surface area contributed by atoms with Gasteiger partial charge in [0.1, 0.15) is 0 Å². The van der Waals surface area contributed by atoms with Gasteiger partial charge in [-0.15, -0.1) is 0 Å². The fourth-order valence-electron chi connectivity index (χ4n) is 4.78. The second-order valence-electron chi connectivity index (χ2n) is 8.40. The molecule has 4 heteroatoms. The number of benzene rings is 1. The molecule has 0 aromatic heterocycles. The van der Waals surface area contributed by atoms with Gasteiger partial charge in [0.05, 0.1) is 0 Å². The molecule has 1 saturated heterocycles. The smallest absolute Gasteiger partial charge is 0.191 e. The molecule has 1 aliphatic heterocycles. The van der Waals surface area contributed by atoms with Crippen LogP contribution in [0.2, 0.25) is 0 Å². The Morgan fingerprint density at radius 2 is 1.77 bits per heavy atom. The van der Waals surface area contributed by atoms with E-state index in [0.29, 0.717) is 12.1 Å². The summed E-state index contributed by atoms with van der Waals surface area (Å²) in [6.45, 7) is 2.50. The highest BCUT2D eigenvalue weighted by atomic mass is 15.2. The van der Waals surface area contributed by atoms with E-state index in [1.54, 1.807) is 0 Å². The van der Waals surface area contributed by atoms with Crippen molar-refractivity contribution >= 4 is 5.96 Å². The van der Waals surface area contributed by atoms with E-state index >= 15 is 0 Å². The molecule has 1 aromatic rings. The fourth-order valence-corrected chi connectivity index (χ4v) is 4.78. The summed E-state index contributed by atoms with van der Waals surface area (Å²) >= 11 is 0. The van der Waals surface area contributed by atoms with Gasteiger partial charge in [-0.25, -0.2) is 0 Å². The molecule has 2 unspecified atom stereocenters. The highest BCUT2D eigenvalue weighted by molar-refractivity contribution is 5.80. The number of piperidine rings is 1. The Balaban J connectivity index is 1.19. The van der Waals surface area contributed by atoms with Gasteiger partial charge in [-0.3, -0.25) is 4.99 Å². The van der Waals surface area contributed by atoms with Crippen LogP contribution in [-0.2, 0) is 6.42 Å². The third kappa shape index (κ3) is 4.59. The van der Waals surface area contributed by atoms with E-state index in [1.807, 2.05) is 7.05 Å². The van der Waals surface area contributed by atoms with Gasteiger partial charge in [0, 0.05) is 38.3 Å². The lowest BCUT2D eigenvalue weighted by Crippen LogP contribution is -2.50. The maximum absolute atomic E-state index is 4.48. The number of nitrogens with zero attached hydrogens (tertiary/aromatic N) is 2. The van der Waals surface area contributed by atoms with Gasteiger partial charge in [0.15, 0.2) is 5.96 Å². The van der Waals surface area contributed by atoms with E-state index in [9.17, 15) is 0 Å². The SMILES string of the molecule is CN=C(NC1CCN(C2CCCC2)CC1)NC1CC1Cc1ccccc1. The molecule has 0 spiro atoms. The molecule has 4 nitrogen and oxygen atoms in total. The molecule has 2 saturated carbocycles. The second-order valence-corrected chi connectivity index (χ2v) is 8.40. The Morgan fingerprint density at radius 1 is 1.04 bits per heavy atom. The second kappa shape index (κ2) is 8.43. The highest BCUT2D eigenvalue weighted by Crippen LogP contribution is 2.33. The number of nitrogens with one attached hydrogen (secondary N) is 2. The molecule has 2 aliphatic carbocycles. The number of rotatable bonds is 5. The van der Waals surface area contributed by atoms with Gasteiger partial charge in [-0.05, 0) is 50.0 Å². The summed E-state index contributed by atoms with van der Waals surface area (Å²) in [6.07, 6.45) is 10.6. The van der Waals surface area contributed by atoms with Crippen molar-refractivity contribution in [2.24, 2.45) is 10.9 Å². The van der Waals surface area contributed by atoms with Crippen molar-refractivity contribution in [3.8, 4) is 0 Å². The fraction of sp³-hybridized carbons (Fsp3) is 0.682. The van der Waals surface area contributed by atoms with Crippen LogP contribution in [0.4, 0.5) is 0 Å². The topological polar surface area (TPSA) is 39.7 Å². The first-order valence-electron chi connectivity index (χ1n) is 10.6. The molecular weight excluding hydrogens is 320 g/mol. The molecule has 1 aromatic carbocycles. The summed E-state index contributed by atoms with van der Waals surface area (Å²) in [7, 11) is 1.90. The normalized spacial score (nSPS) is 28.3. The average molecular weight is 355 g/mol. The third-order valence-electron chi connectivity index (χ3n) is 6.52. The summed E-state index contributed by atoms with van der Waals surface area (Å²) in [6, 6.07) is 12.9. The Labute approximate surface area is 158 Å². The minimum atomic E-state index is 0.574. The predicted molar refractivity (Wildman–Crippen MR) is 109 cm³/mol. The van der Waals surface area contributed by atoms with Gasteiger partial charge in [0.2, 0.25) is 0 Å². The van der Waals surface area contributed by atoms with Crippen LogP contribution < -0.4 is 10.6 Å². The quantitative estimate of drug-likeness (QED) is 0.630. The lowest BCUT2D eigenvalue weighted by molar-refractivity contribution is 0.150. The van der Waals surface area contributed by atoms with E-state index in [2.05, 4.69) is 50.9 Å². The first kappa shape index (κ1) is 17.8. The average Bonchev–Trinajstić information content (AvgIpc) is 3.18. The number of guanidine groups is 1. The van der Waals surface area contributed by atoms with E-state index in [4.69, 9.17) is 0 Å². The van der Waals surface area contributed by atoms with Gasteiger partial charge in [-0.2, -0.15) is 0 Å². The van der Waals surface area contributed by atoms with Crippen LogP contribution >= 0.6 is 0 Å². The van der Waals surface area contributed by atoms with Gasteiger partial charge >= 0.3 is 0 Å². The molecule has 0 amide bonds. The number of hydrogen-bond acceptors (Lipinski definition) is 2. The van der Waals surface area contributed by atoms with Crippen molar-refractivity contribution < 1.29 is 0 Å². The lowest BCUT2D eigenvalue weighted by Gasteiger charge is -2.36. The van der Waals surface area contributed by atoms with E-state index in [-0.39, 0.29) is 0 Å². The molecule has 142 valence electrons. The van der Waals surface area contributed by atoms with Gasteiger partial charge < -0.3 is 15.5 Å². The Morgan fingerprint density at radius 3 is 2.46 bits per heavy atom. The number of likely N-dealkylation sites (tertiary alicyclic amines) is 1. The number of hydrogen-bond donors (Lipinski definition) is 2. The summed E-state index contributed by atoms with van der Waals surface area (Å²) in [5, 5.41) is 7.33. The molecule has 3 fully saturated rings. The van der Waals surface area contributed by atoms with E-state index in [0.717, 1.165) is 17.9 Å². The highest BCUT2D eigenvalue weighted by Gasteiger charge is 2.38. The van der Waals surface area contributed by atoms with Crippen LogP contribution in [0, 0.1) is 5.92 Å². The molecule has 4 rings (SSSR count). The Bertz CT molecular complexity index is 585.